The molecular formula is C64H123NO11SSi4. The summed E-state index contributed by atoms with van der Waals surface area (Å²) in [6.45, 7) is 67.2. The first-order valence-electron chi connectivity index (χ1n) is 30.7. The number of fused-ring (bicyclic) bond motifs is 1. The highest BCUT2D eigenvalue weighted by atomic mass is 32.2. The molecule has 0 aromatic carbocycles. The second-order valence-corrected chi connectivity index (χ2v) is 53.9. The van der Waals surface area contributed by atoms with Crippen LogP contribution in [0.2, 0.25) is 72.5 Å². The van der Waals surface area contributed by atoms with Crippen molar-refractivity contribution >= 4 is 66.7 Å². The van der Waals surface area contributed by atoms with Crippen LogP contribution in [0.3, 0.4) is 0 Å². The van der Waals surface area contributed by atoms with Gasteiger partial charge in [-0.3, -0.25) is 19.2 Å². The Kier molecular flexibility index (Phi) is 23.9. The molecule has 81 heavy (non-hydrogen) atoms. The first kappa shape index (κ1) is 75.5. The third-order valence-electron chi connectivity index (χ3n) is 22.1. The normalized spacial score (nSPS) is 24.2. The van der Waals surface area contributed by atoms with E-state index >= 15 is 0 Å². The van der Waals surface area contributed by atoms with E-state index in [0.29, 0.717) is 5.92 Å². The van der Waals surface area contributed by atoms with Crippen molar-refractivity contribution in [3.8, 4) is 0 Å². The summed E-state index contributed by atoms with van der Waals surface area (Å²) in [5.74, 6) is -1.79. The zero-order chi connectivity index (χ0) is 64.1. The van der Waals surface area contributed by atoms with Crippen LogP contribution in [0.5, 0.6) is 0 Å². The summed E-state index contributed by atoms with van der Waals surface area (Å²) in [5, 5.41) is 9.38. The Bertz CT molecular complexity index is 2380. The van der Waals surface area contributed by atoms with Gasteiger partial charge in [0.15, 0.2) is 33.3 Å². The molecule has 17 heteroatoms. The van der Waals surface area contributed by atoms with E-state index in [0.717, 1.165) is 19.3 Å². The molecule has 11 atom stereocenters. The average molecular weight is 1230 g/mol. The Balaban J connectivity index is 0.000000586. The minimum atomic E-state index is -3.79. The molecule has 12 nitrogen and oxygen atoms in total. The molecule has 3 aliphatic rings. The summed E-state index contributed by atoms with van der Waals surface area (Å²) < 4.78 is 56.3. The first-order valence-corrected chi connectivity index (χ1v) is 43.9. The van der Waals surface area contributed by atoms with E-state index in [1.54, 1.807) is 0 Å². The second-order valence-electron chi connectivity index (χ2n) is 33.1. The largest absolute Gasteiger partial charge is 0.481 e. The molecule has 1 aliphatic heterocycles. The molecule has 1 heterocycles. The van der Waals surface area contributed by atoms with Gasteiger partial charge in [0, 0.05) is 28.1 Å². The lowest BCUT2D eigenvalue weighted by Crippen LogP contribution is -2.55. The number of sulfonamides is 1. The van der Waals surface area contributed by atoms with Crippen LogP contribution in [0.25, 0.3) is 0 Å². The van der Waals surface area contributed by atoms with Crippen LogP contribution < -0.4 is 0 Å². The van der Waals surface area contributed by atoms with Crippen molar-refractivity contribution in [3.05, 3.63) is 24.3 Å². The maximum absolute atomic E-state index is 14.8. The fraction of sp³-hybridized carbons (Fsp3) is 0.875. The number of hydrogen-bond donors (Lipinski definition) is 1. The fourth-order valence-electron chi connectivity index (χ4n) is 12.0. The Morgan fingerprint density at radius 3 is 1.20 bits per heavy atom. The lowest BCUT2D eigenvalue weighted by atomic mass is 9.69. The van der Waals surface area contributed by atoms with E-state index in [2.05, 4.69) is 175 Å². The molecule has 1 amide bonds. The van der Waals surface area contributed by atoms with Crippen molar-refractivity contribution < 1.29 is 50.4 Å². The van der Waals surface area contributed by atoms with Crippen LogP contribution in [0.15, 0.2) is 24.3 Å². The van der Waals surface area contributed by atoms with Crippen molar-refractivity contribution in [2.75, 3.05) is 5.75 Å². The van der Waals surface area contributed by atoms with Crippen LogP contribution in [0.1, 0.15) is 198 Å². The van der Waals surface area contributed by atoms with E-state index in [9.17, 15) is 32.7 Å². The smallest absolute Gasteiger partial charge is 0.305 e. The number of carboxylic acids is 1. The van der Waals surface area contributed by atoms with Crippen molar-refractivity contribution in [2.24, 2.45) is 51.2 Å². The predicted molar refractivity (Wildman–Crippen MR) is 347 cm³/mol. The van der Waals surface area contributed by atoms with Gasteiger partial charge in [-0.05, 0) is 129 Å². The van der Waals surface area contributed by atoms with Crippen molar-refractivity contribution in [1.29, 1.82) is 0 Å². The molecular weight excluding hydrogens is 1100 g/mol. The molecule has 1 saturated heterocycles. The number of hydrogen-bond acceptors (Lipinski definition) is 10. The number of amides is 1. The van der Waals surface area contributed by atoms with Crippen molar-refractivity contribution in [3.63, 3.8) is 0 Å². The molecule has 1 N–H and O–H groups in total. The minimum absolute atomic E-state index is 0.00229. The molecule has 4 unspecified atom stereocenters. The van der Waals surface area contributed by atoms with E-state index in [1.807, 2.05) is 67.5 Å². The van der Waals surface area contributed by atoms with Crippen molar-refractivity contribution in [1.82, 2.24) is 4.31 Å². The Hall–Kier alpha value is -1.58. The molecule has 0 radical (unpaired) electrons. The molecule has 3 rings (SSSR count). The lowest BCUT2D eigenvalue weighted by Gasteiger charge is -2.46. The molecule has 3 fully saturated rings. The number of ketones is 2. The summed E-state index contributed by atoms with van der Waals surface area (Å²) in [6, 6.07) is -0.316. The van der Waals surface area contributed by atoms with Gasteiger partial charge in [-0.2, -0.15) is 0 Å². The fourth-order valence-corrected chi connectivity index (χ4v) is 20.3. The minimum Gasteiger partial charge on any atom is -0.481 e. The van der Waals surface area contributed by atoms with Crippen LogP contribution >= 0.6 is 0 Å². The third kappa shape index (κ3) is 16.3. The number of rotatable bonds is 24. The van der Waals surface area contributed by atoms with Crippen LogP contribution in [-0.2, 0) is 46.9 Å². The highest BCUT2D eigenvalue weighted by molar-refractivity contribution is 7.90. The average Bonchev–Trinajstić information content (AvgIpc) is 3.75. The van der Waals surface area contributed by atoms with Gasteiger partial charge in [-0.15, -0.1) is 0 Å². The van der Waals surface area contributed by atoms with Crippen LogP contribution in [0.4, 0.5) is 0 Å². The lowest BCUT2D eigenvalue weighted by molar-refractivity contribution is -0.147. The molecule has 0 aromatic rings. The van der Waals surface area contributed by atoms with Gasteiger partial charge in [0.05, 0.1) is 49.1 Å². The maximum atomic E-state index is 14.8. The van der Waals surface area contributed by atoms with Gasteiger partial charge < -0.3 is 22.8 Å². The summed E-state index contributed by atoms with van der Waals surface area (Å²) in [5.41, 5.74) is -2.59. The van der Waals surface area contributed by atoms with E-state index < -0.39 is 95.5 Å². The first-order chi connectivity index (χ1) is 35.8. The number of Topliss-reactive ketones (excluding diaryl/α,β-unsaturated/α-hetero) is 2. The van der Waals surface area contributed by atoms with Gasteiger partial charge >= 0.3 is 5.97 Å². The summed E-state index contributed by atoms with van der Waals surface area (Å²) in [4.78, 5) is 55.1. The highest BCUT2D eigenvalue weighted by Gasteiger charge is 2.72. The number of aliphatic carboxylic acids is 1. The Morgan fingerprint density at radius 2 is 0.901 bits per heavy atom. The predicted octanol–water partition coefficient (Wildman–Crippen LogP) is 16.7. The van der Waals surface area contributed by atoms with Gasteiger partial charge in [-0.25, -0.2) is 12.7 Å². The van der Waals surface area contributed by atoms with Gasteiger partial charge in [0.25, 0.3) is 0 Å². The Labute approximate surface area is 501 Å². The van der Waals surface area contributed by atoms with E-state index in [-0.39, 0.29) is 85.8 Å². The van der Waals surface area contributed by atoms with Gasteiger partial charge in [0.2, 0.25) is 15.9 Å². The quantitative estimate of drug-likeness (QED) is 0.0723. The third-order valence-corrected chi connectivity index (χ3v) is 41.9. The van der Waals surface area contributed by atoms with E-state index in [4.69, 9.17) is 17.7 Å². The summed E-state index contributed by atoms with van der Waals surface area (Å²) >= 11 is 0. The monoisotopic (exact) mass is 1230 g/mol. The standard InChI is InChI=1S/C37H69NO6SSi2.C27H54O5Si2/c1-18-19-25(2)31(44-47(16,17)34(7,8)9)26(3)32(40)35(10,11)29(43-46(14,15)33(4,5)6)23-30(39)38-28-22-27-20-21-37(28,36(27,12)13)24-45(38,41)42;1-16-17-19(2)23(32-34(14,15)26(7,8)9)20(3)24(30)27(10,11)21(18-22(28)29)31-33(12,13)25(4,5)6/h18-19,25-29,31H,20-24H2,1-17H3;16-17,19-21,23H,18H2,1-15H3,(H,28,29)/b19-18+;17-16+/t25-,26+,27?,28?,29+,31-,37?;19?,20-,21+,23+/m01/s1. The molecule has 2 aliphatic carbocycles. The summed E-state index contributed by atoms with van der Waals surface area (Å²) in [7, 11) is -13.0. The number of nitrogens with zero attached hydrogens (tertiary/aromatic N) is 1. The Morgan fingerprint density at radius 1 is 0.580 bits per heavy atom. The van der Waals surface area contributed by atoms with E-state index in [1.165, 1.54) is 4.31 Å². The number of carboxylic acid groups (broad SMARTS) is 1. The van der Waals surface area contributed by atoms with Crippen LogP contribution in [0, 0.1) is 51.2 Å². The number of allylic oxidation sites excluding steroid dienone is 2. The molecule has 472 valence electrons. The second kappa shape index (κ2) is 25.6. The van der Waals surface area contributed by atoms with Gasteiger partial charge in [-0.1, -0.05) is 177 Å². The number of carbonyl (C=O) groups excluding carboxylic acids is 3. The molecule has 0 aromatic heterocycles. The highest BCUT2D eigenvalue weighted by Crippen LogP contribution is 2.70. The molecule has 2 bridgehead atoms. The molecule has 1 spiro atoms. The molecule has 2 saturated carbocycles. The topological polar surface area (TPSA) is 163 Å². The maximum Gasteiger partial charge on any atom is 0.305 e. The summed E-state index contributed by atoms with van der Waals surface area (Å²) in [6.07, 6.45) is 8.32. The zero-order valence-corrected chi connectivity index (χ0v) is 62.5. The van der Waals surface area contributed by atoms with Crippen molar-refractivity contribution in [2.45, 2.75) is 301 Å². The zero-order valence-electron chi connectivity index (χ0n) is 57.7. The van der Waals surface area contributed by atoms with Crippen LogP contribution in [-0.4, -0.2) is 111 Å². The van der Waals surface area contributed by atoms with Gasteiger partial charge in [0.1, 0.15) is 11.6 Å². The SMILES string of the molecule is C/C=C/C(C)[C@H](O[Si](C)(C)C(C)(C)C)[C@@H](C)C(=O)C(C)(C)[C@H](CC(=O)O)O[Si](C)(C)C(C)(C)C.C/C=C/[C@H](C)[C@H](O[Si](C)(C)C(C)(C)C)[C@@H](C)C(=O)C(C)(C)[C@@H](CC(=O)N1C2CC3CCC2(CS1(=O)=O)C3(C)C)O[Si](C)(C)C(C)(C)C. The number of carbonyl (C=O) groups is 4.